The van der Waals surface area contributed by atoms with Crippen molar-refractivity contribution in [2.24, 2.45) is 16.8 Å². The number of carbonyl (C=O) groups excluding carboxylic acids is 1. The van der Waals surface area contributed by atoms with Crippen LogP contribution in [-0.4, -0.2) is 69.1 Å². The van der Waals surface area contributed by atoms with Gasteiger partial charge >= 0.3 is 0 Å². The number of hydrogen-bond donors (Lipinski definition) is 1. The minimum absolute atomic E-state index is 0.0166. The third-order valence-electron chi connectivity index (χ3n) is 5.35. The van der Waals surface area contributed by atoms with Crippen molar-refractivity contribution in [3.8, 4) is 5.75 Å². The van der Waals surface area contributed by atoms with Crippen molar-refractivity contribution in [3.63, 3.8) is 0 Å². The lowest BCUT2D eigenvalue weighted by molar-refractivity contribution is -0.127. The first-order chi connectivity index (χ1) is 12.9. The Labute approximate surface area is 163 Å². The van der Waals surface area contributed by atoms with Gasteiger partial charge in [-0.25, -0.2) is 4.99 Å². The van der Waals surface area contributed by atoms with Gasteiger partial charge in [-0.2, -0.15) is 0 Å². The molecule has 0 aliphatic carbocycles. The molecule has 6 heteroatoms. The number of likely N-dealkylation sites (tertiary alicyclic amines) is 1. The monoisotopic (exact) mass is 374 g/mol. The Morgan fingerprint density at radius 3 is 2.56 bits per heavy atom. The average Bonchev–Trinajstić information content (AvgIpc) is 2.66. The van der Waals surface area contributed by atoms with Gasteiger partial charge in [0.1, 0.15) is 12.3 Å². The number of piperidine rings is 1. The van der Waals surface area contributed by atoms with Crippen LogP contribution in [-0.2, 0) is 11.2 Å². The zero-order valence-corrected chi connectivity index (χ0v) is 17.4. The van der Waals surface area contributed by atoms with Crippen molar-refractivity contribution in [2.75, 3.05) is 47.4 Å². The molecule has 1 aliphatic heterocycles. The second-order valence-corrected chi connectivity index (χ2v) is 7.64. The number of guanidine groups is 1. The van der Waals surface area contributed by atoms with Crippen molar-refractivity contribution >= 4 is 11.9 Å². The number of carbonyl (C=O) groups is 1. The second kappa shape index (κ2) is 10.2. The molecular formula is C21H34N4O2. The molecule has 0 spiro atoms. The third-order valence-corrected chi connectivity index (χ3v) is 5.35. The van der Waals surface area contributed by atoms with Gasteiger partial charge in [-0.3, -0.25) is 4.79 Å². The molecule has 1 saturated heterocycles. The molecule has 1 aromatic rings. The van der Waals surface area contributed by atoms with Gasteiger partial charge in [0.15, 0.2) is 5.96 Å². The molecule has 1 fully saturated rings. The zero-order chi connectivity index (χ0) is 19.8. The third kappa shape index (κ3) is 6.45. The van der Waals surface area contributed by atoms with Crippen molar-refractivity contribution in [2.45, 2.75) is 26.7 Å². The fourth-order valence-electron chi connectivity index (χ4n) is 3.12. The summed E-state index contributed by atoms with van der Waals surface area (Å²) in [5.41, 5.74) is 1.24. The van der Waals surface area contributed by atoms with E-state index in [2.05, 4.69) is 41.2 Å². The van der Waals surface area contributed by atoms with Crippen molar-refractivity contribution in [1.82, 2.24) is 15.1 Å². The van der Waals surface area contributed by atoms with E-state index in [9.17, 15) is 4.79 Å². The summed E-state index contributed by atoms with van der Waals surface area (Å²) in [4.78, 5) is 20.4. The number of rotatable bonds is 6. The summed E-state index contributed by atoms with van der Waals surface area (Å²) in [5, 5.41) is 3.47. The van der Waals surface area contributed by atoms with E-state index in [1.165, 1.54) is 5.56 Å². The molecule has 2 atom stereocenters. The number of aliphatic imine (C=N–C) groups is 1. The Morgan fingerprint density at radius 2 is 1.96 bits per heavy atom. The molecule has 1 heterocycles. The maximum absolute atomic E-state index is 12.0. The first-order valence-corrected chi connectivity index (χ1v) is 9.77. The van der Waals surface area contributed by atoms with E-state index < -0.39 is 0 Å². The van der Waals surface area contributed by atoms with E-state index >= 15 is 0 Å². The van der Waals surface area contributed by atoms with Gasteiger partial charge in [0.05, 0.1) is 7.11 Å². The van der Waals surface area contributed by atoms with Gasteiger partial charge in [0.2, 0.25) is 5.91 Å². The Hall–Kier alpha value is -2.24. The predicted molar refractivity (Wildman–Crippen MR) is 110 cm³/mol. The van der Waals surface area contributed by atoms with Crippen LogP contribution in [0.2, 0.25) is 0 Å². The molecule has 1 amide bonds. The number of likely N-dealkylation sites (N-methyl/N-ethyl adjacent to an activating group) is 1. The minimum atomic E-state index is 0.0166. The summed E-state index contributed by atoms with van der Waals surface area (Å²) in [6.45, 7) is 7.52. The zero-order valence-electron chi connectivity index (χ0n) is 17.4. The van der Waals surface area contributed by atoms with Crippen molar-refractivity contribution in [1.29, 1.82) is 0 Å². The molecule has 2 rings (SSSR count). The van der Waals surface area contributed by atoms with Crippen LogP contribution in [0, 0.1) is 11.8 Å². The summed E-state index contributed by atoms with van der Waals surface area (Å²) >= 11 is 0. The van der Waals surface area contributed by atoms with Crippen molar-refractivity contribution in [3.05, 3.63) is 29.8 Å². The molecule has 2 unspecified atom stereocenters. The standard InChI is InChI=1S/C21H34N4O2/c1-16-11-13-25(15-17(16)2)21(23-14-20(26)24(3)4)22-12-10-18-6-8-19(27-5)9-7-18/h6-9,16-17H,10-15H2,1-5H3,(H,22,23). The van der Waals surface area contributed by atoms with Crippen LogP contribution in [0.15, 0.2) is 29.3 Å². The van der Waals surface area contributed by atoms with E-state index in [4.69, 9.17) is 4.74 Å². The Kier molecular flexibility index (Phi) is 7.95. The van der Waals surface area contributed by atoms with Gasteiger partial charge in [0, 0.05) is 33.7 Å². The van der Waals surface area contributed by atoms with Crippen LogP contribution < -0.4 is 10.1 Å². The Bertz CT molecular complexity index is 628. The quantitative estimate of drug-likeness (QED) is 0.613. The molecular weight excluding hydrogens is 340 g/mol. The molecule has 0 bridgehead atoms. The second-order valence-electron chi connectivity index (χ2n) is 7.64. The van der Waals surface area contributed by atoms with Crippen molar-refractivity contribution < 1.29 is 9.53 Å². The molecule has 27 heavy (non-hydrogen) atoms. The summed E-state index contributed by atoms with van der Waals surface area (Å²) in [6.07, 6.45) is 2.05. The van der Waals surface area contributed by atoms with Crippen LogP contribution in [0.25, 0.3) is 0 Å². The maximum atomic E-state index is 12.0. The highest BCUT2D eigenvalue weighted by Crippen LogP contribution is 2.22. The van der Waals surface area contributed by atoms with Crippen LogP contribution in [0.4, 0.5) is 0 Å². The Morgan fingerprint density at radius 1 is 1.26 bits per heavy atom. The van der Waals surface area contributed by atoms with E-state index in [1.54, 1.807) is 26.1 Å². The van der Waals surface area contributed by atoms with Gasteiger partial charge in [-0.15, -0.1) is 0 Å². The largest absolute Gasteiger partial charge is 0.497 e. The van der Waals surface area contributed by atoms with E-state index in [-0.39, 0.29) is 12.5 Å². The molecule has 1 aliphatic rings. The lowest BCUT2D eigenvalue weighted by Crippen LogP contribution is -2.48. The number of nitrogens with zero attached hydrogens (tertiary/aromatic N) is 3. The van der Waals surface area contributed by atoms with Crippen LogP contribution in [0.3, 0.4) is 0 Å². The summed E-state index contributed by atoms with van der Waals surface area (Å²) < 4.78 is 5.21. The van der Waals surface area contributed by atoms with Gasteiger partial charge in [-0.1, -0.05) is 26.0 Å². The van der Waals surface area contributed by atoms with Crippen LogP contribution >= 0.6 is 0 Å². The summed E-state index contributed by atoms with van der Waals surface area (Å²) in [6, 6.07) is 8.12. The predicted octanol–water partition coefficient (Wildman–Crippen LogP) is 2.25. The number of nitrogens with one attached hydrogen (secondary N) is 1. The van der Waals surface area contributed by atoms with Crippen LogP contribution in [0.5, 0.6) is 5.75 Å². The highest BCUT2D eigenvalue weighted by molar-refractivity contribution is 5.84. The molecule has 1 aromatic carbocycles. The van der Waals surface area contributed by atoms with Crippen LogP contribution in [0.1, 0.15) is 25.8 Å². The van der Waals surface area contributed by atoms with Gasteiger partial charge in [-0.05, 0) is 42.4 Å². The number of benzene rings is 1. The maximum Gasteiger partial charge on any atom is 0.243 e. The number of methoxy groups -OCH3 is 1. The Balaban J connectivity index is 1.98. The van der Waals surface area contributed by atoms with Gasteiger partial charge in [0.25, 0.3) is 0 Å². The van der Waals surface area contributed by atoms with Gasteiger partial charge < -0.3 is 19.9 Å². The lowest BCUT2D eigenvalue weighted by Gasteiger charge is -2.37. The minimum Gasteiger partial charge on any atom is -0.497 e. The smallest absolute Gasteiger partial charge is 0.243 e. The topological polar surface area (TPSA) is 57.2 Å². The molecule has 6 nitrogen and oxygen atoms in total. The molecule has 150 valence electrons. The van der Waals surface area contributed by atoms with E-state index in [1.807, 2.05) is 12.1 Å². The van der Waals surface area contributed by atoms with E-state index in [0.717, 1.165) is 50.1 Å². The molecule has 0 saturated carbocycles. The summed E-state index contributed by atoms with van der Waals surface area (Å²) in [7, 11) is 5.20. The fraction of sp³-hybridized carbons (Fsp3) is 0.619. The molecule has 1 N–H and O–H groups in total. The first-order valence-electron chi connectivity index (χ1n) is 9.77. The average molecular weight is 375 g/mol. The van der Waals surface area contributed by atoms with E-state index in [0.29, 0.717) is 5.92 Å². The molecule has 0 radical (unpaired) electrons. The lowest BCUT2D eigenvalue weighted by atomic mass is 9.89. The molecule has 0 aromatic heterocycles. The summed E-state index contributed by atoms with van der Waals surface area (Å²) in [5.74, 6) is 3.08. The highest BCUT2D eigenvalue weighted by Gasteiger charge is 2.24. The first kappa shape index (κ1) is 21.1. The number of amides is 1. The highest BCUT2D eigenvalue weighted by atomic mass is 16.5. The normalized spacial score (nSPS) is 20.3. The SMILES string of the molecule is COc1ccc(CCNC(=NCC(=O)N(C)C)N2CCC(C)C(C)C2)cc1. The fourth-order valence-corrected chi connectivity index (χ4v) is 3.12. The number of hydrogen-bond acceptors (Lipinski definition) is 3. The number of ether oxygens (including phenoxy) is 1.